The van der Waals surface area contributed by atoms with E-state index in [0.29, 0.717) is 11.4 Å². The predicted molar refractivity (Wildman–Crippen MR) is 74.7 cm³/mol. The number of alkyl halides is 1. The van der Waals surface area contributed by atoms with Crippen molar-refractivity contribution in [3.8, 4) is 0 Å². The average molecular weight is 312 g/mol. The number of benzene rings is 1. The number of alkyl carbamates (subject to hydrolysis) is 1. The van der Waals surface area contributed by atoms with Crippen LogP contribution in [0.4, 0.5) is 4.79 Å². The maximum atomic E-state index is 11.7. The molecule has 0 saturated heterocycles. The van der Waals surface area contributed by atoms with Crippen LogP contribution in [0.3, 0.4) is 0 Å². The van der Waals surface area contributed by atoms with E-state index in [1.165, 1.54) is 12.8 Å². The summed E-state index contributed by atoms with van der Waals surface area (Å²) in [5.74, 6) is 0. The number of carbonyl (C=O) groups excluding carboxylic acids is 1. The molecule has 2 atom stereocenters. The predicted octanol–water partition coefficient (Wildman–Crippen LogP) is 3.62. The number of hydrogen-bond donors (Lipinski definition) is 1. The molecule has 1 aromatic rings. The van der Waals surface area contributed by atoms with Gasteiger partial charge in [0.25, 0.3) is 0 Å². The Balaban J connectivity index is 1.75. The normalized spacial score (nSPS) is 23.4. The molecule has 0 bridgehead atoms. The second kappa shape index (κ2) is 6.78. The van der Waals surface area contributed by atoms with Gasteiger partial charge in [0, 0.05) is 10.9 Å². The number of carbonyl (C=O) groups is 1. The topological polar surface area (TPSA) is 38.3 Å². The third-order valence-electron chi connectivity index (χ3n) is 3.20. The van der Waals surface area contributed by atoms with E-state index in [4.69, 9.17) is 4.74 Å². The number of ether oxygens (including phenoxy) is 1. The summed E-state index contributed by atoms with van der Waals surface area (Å²) < 4.78 is 5.21. The van der Waals surface area contributed by atoms with Gasteiger partial charge in [0.2, 0.25) is 0 Å². The maximum Gasteiger partial charge on any atom is 0.407 e. The molecule has 1 aliphatic rings. The van der Waals surface area contributed by atoms with E-state index in [9.17, 15) is 4.79 Å². The molecule has 2 rings (SSSR count). The van der Waals surface area contributed by atoms with Gasteiger partial charge in [0.1, 0.15) is 6.61 Å². The van der Waals surface area contributed by atoms with Crippen LogP contribution in [0.1, 0.15) is 31.2 Å². The van der Waals surface area contributed by atoms with E-state index in [2.05, 4.69) is 21.2 Å². The molecule has 0 aromatic heterocycles. The second-order valence-electron chi connectivity index (χ2n) is 4.61. The molecule has 1 amide bonds. The standard InChI is InChI=1S/C14H18BrNO2/c15-12-8-4-5-9-13(12)16-14(17)18-10-11-6-2-1-3-7-11/h1-3,6-7,12-13H,4-5,8-10H2,(H,16,17)/t12-,13-/m1/s1. The lowest BCUT2D eigenvalue weighted by Crippen LogP contribution is -2.42. The molecule has 1 saturated carbocycles. The SMILES string of the molecule is O=C(N[C@@H]1CCCC[C@H]1Br)OCc1ccccc1. The maximum absolute atomic E-state index is 11.7. The summed E-state index contributed by atoms with van der Waals surface area (Å²) in [6.07, 6.45) is 4.22. The zero-order chi connectivity index (χ0) is 12.8. The van der Waals surface area contributed by atoms with Crippen molar-refractivity contribution in [2.24, 2.45) is 0 Å². The summed E-state index contributed by atoms with van der Waals surface area (Å²) in [6.45, 7) is 0.326. The molecular weight excluding hydrogens is 294 g/mol. The minimum atomic E-state index is -0.324. The van der Waals surface area contributed by atoms with Crippen LogP contribution in [-0.2, 0) is 11.3 Å². The van der Waals surface area contributed by atoms with Gasteiger partial charge >= 0.3 is 6.09 Å². The van der Waals surface area contributed by atoms with Crippen molar-refractivity contribution in [1.29, 1.82) is 0 Å². The molecule has 1 aromatic carbocycles. The van der Waals surface area contributed by atoms with Crippen LogP contribution in [0, 0.1) is 0 Å². The quantitative estimate of drug-likeness (QED) is 0.866. The Labute approximate surface area is 116 Å². The highest BCUT2D eigenvalue weighted by molar-refractivity contribution is 9.09. The van der Waals surface area contributed by atoms with Crippen molar-refractivity contribution in [2.45, 2.75) is 43.2 Å². The Morgan fingerprint density at radius 3 is 2.72 bits per heavy atom. The first-order chi connectivity index (χ1) is 8.75. The number of nitrogens with one attached hydrogen (secondary N) is 1. The minimum absolute atomic E-state index is 0.196. The average Bonchev–Trinajstić information content (AvgIpc) is 2.40. The lowest BCUT2D eigenvalue weighted by Gasteiger charge is -2.27. The zero-order valence-electron chi connectivity index (χ0n) is 10.3. The lowest BCUT2D eigenvalue weighted by molar-refractivity contribution is 0.133. The summed E-state index contributed by atoms with van der Waals surface area (Å²) in [7, 11) is 0. The Morgan fingerprint density at radius 1 is 1.28 bits per heavy atom. The van der Waals surface area contributed by atoms with Gasteiger partial charge in [-0.05, 0) is 18.4 Å². The van der Waals surface area contributed by atoms with Crippen molar-refractivity contribution in [1.82, 2.24) is 5.32 Å². The van der Waals surface area contributed by atoms with E-state index in [1.807, 2.05) is 30.3 Å². The highest BCUT2D eigenvalue weighted by Gasteiger charge is 2.24. The van der Waals surface area contributed by atoms with Gasteiger partial charge in [-0.3, -0.25) is 0 Å². The Bertz CT molecular complexity index is 383. The fraction of sp³-hybridized carbons (Fsp3) is 0.500. The molecule has 1 aliphatic carbocycles. The van der Waals surface area contributed by atoms with Crippen LogP contribution in [0.5, 0.6) is 0 Å². The van der Waals surface area contributed by atoms with Crippen molar-refractivity contribution in [2.75, 3.05) is 0 Å². The first-order valence-electron chi connectivity index (χ1n) is 6.37. The Kier molecular flexibility index (Phi) is 5.05. The van der Waals surface area contributed by atoms with Gasteiger partial charge in [0.15, 0.2) is 0 Å². The molecule has 3 nitrogen and oxygen atoms in total. The molecule has 0 unspecified atom stereocenters. The first-order valence-corrected chi connectivity index (χ1v) is 7.28. The first kappa shape index (κ1) is 13.4. The molecular formula is C14H18BrNO2. The van der Waals surface area contributed by atoms with Crippen LogP contribution >= 0.6 is 15.9 Å². The van der Waals surface area contributed by atoms with Gasteiger partial charge in [-0.25, -0.2) is 4.79 Å². The number of amides is 1. The molecule has 1 fully saturated rings. The van der Waals surface area contributed by atoms with E-state index >= 15 is 0 Å². The highest BCUT2D eigenvalue weighted by Crippen LogP contribution is 2.24. The molecule has 98 valence electrons. The van der Waals surface area contributed by atoms with Crippen LogP contribution in [0.15, 0.2) is 30.3 Å². The molecule has 0 spiro atoms. The van der Waals surface area contributed by atoms with Crippen LogP contribution < -0.4 is 5.32 Å². The number of rotatable bonds is 3. The third-order valence-corrected chi connectivity index (χ3v) is 4.29. The van der Waals surface area contributed by atoms with Crippen LogP contribution in [0.25, 0.3) is 0 Å². The van der Waals surface area contributed by atoms with E-state index in [-0.39, 0.29) is 12.1 Å². The van der Waals surface area contributed by atoms with E-state index < -0.39 is 0 Å². The van der Waals surface area contributed by atoms with Gasteiger partial charge in [-0.1, -0.05) is 59.1 Å². The summed E-state index contributed by atoms with van der Waals surface area (Å²) >= 11 is 3.61. The third kappa shape index (κ3) is 4.02. The second-order valence-corrected chi connectivity index (χ2v) is 5.79. The lowest BCUT2D eigenvalue weighted by atomic mass is 9.95. The van der Waals surface area contributed by atoms with Crippen molar-refractivity contribution in [3.63, 3.8) is 0 Å². The summed E-state index contributed by atoms with van der Waals surface area (Å²) in [5, 5.41) is 2.93. The number of hydrogen-bond acceptors (Lipinski definition) is 2. The monoisotopic (exact) mass is 311 g/mol. The minimum Gasteiger partial charge on any atom is -0.445 e. The smallest absolute Gasteiger partial charge is 0.407 e. The number of halogens is 1. The van der Waals surface area contributed by atoms with Gasteiger partial charge < -0.3 is 10.1 Å². The molecule has 4 heteroatoms. The van der Waals surface area contributed by atoms with Gasteiger partial charge in [0.05, 0.1) is 0 Å². The van der Waals surface area contributed by atoms with Crippen molar-refractivity contribution in [3.05, 3.63) is 35.9 Å². The largest absolute Gasteiger partial charge is 0.445 e. The molecule has 0 heterocycles. The molecule has 1 N–H and O–H groups in total. The van der Waals surface area contributed by atoms with Gasteiger partial charge in [-0.15, -0.1) is 0 Å². The zero-order valence-corrected chi connectivity index (χ0v) is 11.9. The molecule has 0 aliphatic heterocycles. The highest BCUT2D eigenvalue weighted by atomic mass is 79.9. The van der Waals surface area contributed by atoms with E-state index in [1.54, 1.807) is 0 Å². The van der Waals surface area contributed by atoms with Crippen molar-refractivity contribution < 1.29 is 9.53 Å². The fourth-order valence-electron chi connectivity index (χ4n) is 2.16. The summed E-state index contributed by atoms with van der Waals surface area (Å²) in [5.41, 5.74) is 1.01. The van der Waals surface area contributed by atoms with Gasteiger partial charge in [-0.2, -0.15) is 0 Å². The molecule has 18 heavy (non-hydrogen) atoms. The van der Waals surface area contributed by atoms with E-state index in [0.717, 1.165) is 18.4 Å². The Morgan fingerprint density at radius 2 is 2.00 bits per heavy atom. The van der Waals surface area contributed by atoms with Crippen LogP contribution in [0.2, 0.25) is 0 Å². The summed E-state index contributed by atoms with van der Waals surface area (Å²) in [6, 6.07) is 9.91. The fourth-order valence-corrected chi connectivity index (χ4v) is 2.88. The molecule has 0 radical (unpaired) electrons. The summed E-state index contributed by atoms with van der Waals surface area (Å²) in [4.78, 5) is 12.0. The van der Waals surface area contributed by atoms with Crippen LogP contribution in [-0.4, -0.2) is 17.0 Å². The Hall–Kier alpha value is -1.03. The van der Waals surface area contributed by atoms with Crippen molar-refractivity contribution >= 4 is 22.0 Å².